The van der Waals surface area contributed by atoms with Gasteiger partial charge in [0.05, 0.1) is 0 Å². The molecule has 2 aromatic carbocycles. The average molecular weight is 266 g/mol. The van der Waals surface area contributed by atoms with Crippen LogP contribution in [0.5, 0.6) is 0 Å². The summed E-state index contributed by atoms with van der Waals surface area (Å²) in [6.45, 7) is 0. The average Bonchev–Trinajstić information content (AvgIpc) is 2.23. The number of hydrogen-bond donors (Lipinski definition) is 1. The second-order valence-corrected chi connectivity index (χ2v) is 4.07. The van der Waals surface area contributed by atoms with Crippen molar-refractivity contribution in [1.82, 2.24) is 0 Å². The van der Waals surface area contributed by atoms with Crippen molar-refractivity contribution in [2.24, 2.45) is 0 Å². The molecule has 1 nitrogen and oxygen atoms in total. The number of nitrogen functional groups attached to an aromatic ring is 1. The smallest absolute Gasteiger partial charge is 0.131 e. The maximum Gasteiger partial charge on any atom is 0.131 e. The second kappa shape index (κ2) is 4.03. The van der Waals surface area contributed by atoms with Crippen LogP contribution >= 0.6 is 15.9 Å². The molecular formula is C12H9BrFN. The second-order valence-electron chi connectivity index (χ2n) is 3.22. The zero-order valence-corrected chi connectivity index (χ0v) is 9.46. The van der Waals surface area contributed by atoms with Crippen LogP contribution in [0.25, 0.3) is 11.1 Å². The van der Waals surface area contributed by atoms with Gasteiger partial charge in [0.25, 0.3) is 0 Å². The van der Waals surface area contributed by atoms with Crippen LogP contribution < -0.4 is 5.73 Å². The molecule has 2 aromatic rings. The SMILES string of the molecule is Nc1ccc(-c2ccccc2F)cc1Br. The fourth-order valence-corrected chi connectivity index (χ4v) is 1.77. The Bertz CT molecular complexity index is 497. The number of anilines is 1. The van der Waals surface area contributed by atoms with Crippen molar-refractivity contribution in [2.75, 3.05) is 5.73 Å². The highest BCUT2D eigenvalue weighted by Crippen LogP contribution is 2.28. The van der Waals surface area contributed by atoms with Crippen molar-refractivity contribution >= 4 is 21.6 Å². The van der Waals surface area contributed by atoms with Gasteiger partial charge in [0.15, 0.2) is 0 Å². The highest BCUT2D eigenvalue weighted by atomic mass is 79.9. The van der Waals surface area contributed by atoms with Gasteiger partial charge in [-0.25, -0.2) is 4.39 Å². The molecule has 2 rings (SSSR count). The Morgan fingerprint density at radius 2 is 1.80 bits per heavy atom. The maximum absolute atomic E-state index is 13.5. The minimum absolute atomic E-state index is 0.228. The van der Waals surface area contributed by atoms with Gasteiger partial charge in [0.1, 0.15) is 5.82 Å². The first-order valence-electron chi connectivity index (χ1n) is 4.48. The molecule has 0 amide bonds. The van der Waals surface area contributed by atoms with Gasteiger partial charge in [-0.1, -0.05) is 24.3 Å². The number of benzene rings is 2. The van der Waals surface area contributed by atoms with Gasteiger partial charge in [-0.05, 0) is 39.7 Å². The van der Waals surface area contributed by atoms with E-state index in [0.717, 1.165) is 10.0 Å². The van der Waals surface area contributed by atoms with Crippen molar-refractivity contribution in [3.8, 4) is 11.1 Å². The quantitative estimate of drug-likeness (QED) is 0.780. The maximum atomic E-state index is 13.5. The van der Waals surface area contributed by atoms with E-state index in [1.165, 1.54) is 6.07 Å². The lowest BCUT2D eigenvalue weighted by atomic mass is 10.1. The van der Waals surface area contributed by atoms with E-state index in [0.29, 0.717) is 11.3 Å². The molecule has 15 heavy (non-hydrogen) atoms. The minimum atomic E-state index is -0.228. The molecule has 76 valence electrons. The first-order valence-corrected chi connectivity index (χ1v) is 5.28. The highest BCUT2D eigenvalue weighted by Gasteiger charge is 2.05. The van der Waals surface area contributed by atoms with Gasteiger partial charge in [-0.3, -0.25) is 0 Å². The van der Waals surface area contributed by atoms with E-state index in [-0.39, 0.29) is 5.82 Å². The molecule has 0 heterocycles. The van der Waals surface area contributed by atoms with Crippen LogP contribution in [0.1, 0.15) is 0 Å². The van der Waals surface area contributed by atoms with Gasteiger partial charge in [-0.2, -0.15) is 0 Å². The largest absolute Gasteiger partial charge is 0.398 e. The summed E-state index contributed by atoms with van der Waals surface area (Å²) in [5.74, 6) is -0.228. The van der Waals surface area contributed by atoms with E-state index in [4.69, 9.17) is 5.73 Å². The molecule has 2 N–H and O–H groups in total. The highest BCUT2D eigenvalue weighted by molar-refractivity contribution is 9.10. The van der Waals surface area contributed by atoms with E-state index in [1.807, 2.05) is 12.1 Å². The molecule has 0 saturated carbocycles. The molecule has 0 radical (unpaired) electrons. The fraction of sp³-hybridized carbons (Fsp3) is 0. The van der Waals surface area contributed by atoms with Crippen LogP contribution in [-0.2, 0) is 0 Å². The van der Waals surface area contributed by atoms with Crippen LogP contribution in [-0.4, -0.2) is 0 Å². The summed E-state index contributed by atoms with van der Waals surface area (Å²) in [6, 6.07) is 12.0. The van der Waals surface area contributed by atoms with E-state index in [2.05, 4.69) is 15.9 Å². The van der Waals surface area contributed by atoms with Crippen LogP contribution in [0, 0.1) is 5.82 Å². The van der Waals surface area contributed by atoms with Crippen molar-refractivity contribution in [1.29, 1.82) is 0 Å². The predicted octanol–water partition coefficient (Wildman–Crippen LogP) is 3.84. The van der Waals surface area contributed by atoms with Crippen LogP contribution in [0.15, 0.2) is 46.9 Å². The third-order valence-corrected chi connectivity index (χ3v) is 2.87. The minimum Gasteiger partial charge on any atom is -0.398 e. The summed E-state index contributed by atoms with van der Waals surface area (Å²) in [5.41, 5.74) is 7.71. The number of halogens is 2. The zero-order chi connectivity index (χ0) is 10.8. The van der Waals surface area contributed by atoms with Crippen LogP contribution in [0.3, 0.4) is 0 Å². The summed E-state index contributed by atoms with van der Waals surface area (Å²) in [7, 11) is 0. The first-order chi connectivity index (χ1) is 7.18. The third kappa shape index (κ3) is 2.02. The number of rotatable bonds is 1. The Balaban J connectivity index is 2.55. The topological polar surface area (TPSA) is 26.0 Å². The Kier molecular flexibility index (Phi) is 2.73. The van der Waals surface area contributed by atoms with Gasteiger partial charge in [-0.15, -0.1) is 0 Å². The third-order valence-electron chi connectivity index (χ3n) is 2.19. The van der Waals surface area contributed by atoms with Gasteiger partial charge in [0.2, 0.25) is 0 Å². The Labute approximate surface area is 95.9 Å². The summed E-state index contributed by atoms with van der Waals surface area (Å²) in [6.07, 6.45) is 0. The summed E-state index contributed by atoms with van der Waals surface area (Å²) in [4.78, 5) is 0. The Morgan fingerprint density at radius 3 is 2.47 bits per heavy atom. The van der Waals surface area contributed by atoms with Crippen LogP contribution in [0.4, 0.5) is 10.1 Å². The van der Waals surface area contributed by atoms with Crippen molar-refractivity contribution in [2.45, 2.75) is 0 Å². The van der Waals surface area contributed by atoms with Gasteiger partial charge >= 0.3 is 0 Å². The molecule has 0 unspecified atom stereocenters. The normalized spacial score (nSPS) is 10.3. The molecule has 0 saturated heterocycles. The lowest BCUT2D eigenvalue weighted by Gasteiger charge is -2.05. The zero-order valence-electron chi connectivity index (χ0n) is 7.87. The molecule has 3 heteroatoms. The number of nitrogens with two attached hydrogens (primary N) is 1. The van der Waals surface area contributed by atoms with Gasteiger partial charge in [0, 0.05) is 15.7 Å². The molecule has 0 atom stereocenters. The molecule has 0 aliphatic carbocycles. The standard InChI is InChI=1S/C12H9BrFN/c13-10-7-8(5-6-12(10)15)9-3-1-2-4-11(9)14/h1-7H,15H2. The Hall–Kier alpha value is -1.35. The van der Waals surface area contributed by atoms with Crippen molar-refractivity contribution in [3.05, 3.63) is 52.8 Å². The van der Waals surface area contributed by atoms with E-state index >= 15 is 0 Å². The predicted molar refractivity (Wildman–Crippen MR) is 63.9 cm³/mol. The number of hydrogen-bond acceptors (Lipinski definition) is 1. The molecular weight excluding hydrogens is 257 g/mol. The molecule has 0 aliphatic heterocycles. The molecule has 0 bridgehead atoms. The fourth-order valence-electron chi connectivity index (χ4n) is 1.39. The Morgan fingerprint density at radius 1 is 1.07 bits per heavy atom. The van der Waals surface area contributed by atoms with E-state index < -0.39 is 0 Å². The lowest BCUT2D eigenvalue weighted by Crippen LogP contribution is -1.88. The van der Waals surface area contributed by atoms with Crippen molar-refractivity contribution in [3.63, 3.8) is 0 Å². The van der Waals surface area contributed by atoms with Gasteiger partial charge < -0.3 is 5.73 Å². The monoisotopic (exact) mass is 265 g/mol. The summed E-state index contributed by atoms with van der Waals surface area (Å²) >= 11 is 3.32. The van der Waals surface area contributed by atoms with E-state index in [1.54, 1.807) is 24.3 Å². The van der Waals surface area contributed by atoms with Crippen LogP contribution in [0.2, 0.25) is 0 Å². The molecule has 0 aliphatic rings. The summed E-state index contributed by atoms with van der Waals surface area (Å²) in [5, 5.41) is 0. The molecule has 0 aromatic heterocycles. The molecule has 0 spiro atoms. The van der Waals surface area contributed by atoms with E-state index in [9.17, 15) is 4.39 Å². The molecule has 0 fully saturated rings. The first kappa shape index (κ1) is 10.2. The summed E-state index contributed by atoms with van der Waals surface area (Å²) < 4.78 is 14.2. The lowest BCUT2D eigenvalue weighted by molar-refractivity contribution is 0.631. The van der Waals surface area contributed by atoms with Crippen molar-refractivity contribution < 1.29 is 4.39 Å².